The Morgan fingerprint density at radius 1 is 1.27 bits per heavy atom. The number of aliphatic hydroxyl groups is 2. The lowest BCUT2D eigenvalue weighted by Gasteiger charge is -2.18. The van der Waals surface area contributed by atoms with Crippen molar-refractivity contribution in [1.82, 2.24) is 19.5 Å². The quantitative estimate of drug-likeness (QED) is 0.364. The summed E-state index contributed by atoms with van der Waals surface area (Å²) < 4.78 is 67.4. The summed E-state index contributed by atoms with van der Waals surface area (Å²) in [7, 11) is 0. The minimum absolute atomic E-state index is 0.0691. The average molecular weight is 477 g/mol. The molecule has 1 atom stereocenters. The summed E-state index contributed by atoms with van der Waals surface area (Å²) in [6.07, 6.45) is -5.80. The van der Waals surface area contributed by atoms with Gasteiger partial charge in [-0.25, -0.2) is 9.50 Å². The van der Waals surface area contributed by atoms with Crippen molar-refractivity contribution in [2.75, 3.05) is 6.54 Å². The maximum absolute atomic E-state index is 13.5. The molecule has 0 spiro atoms. The molecule has 14 heteroatoms. The molecule has 0 radical (unpaired) electrons. The number of amides is 1. The first-order chi connectivity index (χ1) is 13.6. The highest BCUT2D eigenvalue weighted by molar-refractivity contribution is 7.16. The van der Waals surface area contributed by atoms with Crippen LogP contribution in [0.1, 0.15) is 42.6 Å². The van der Waals surface area contributed by atoms with Gasteiger partial charge in [0.25, 0.3) is 0 Å². The molecule has 0 bridgehead atoms. The van der Waals surface area contributed by atoms with Crippen LogP contribution in [0.5, 0.6) is 0 Å². The number of alkyl halides is 6. The fourth-order valence-corrected chi connectivity index (χ4v) is 4.43. The second kappa shape index (κ2) is 7.84. The summed E-state index contributed by atoms with van der Waals surface area (Å²) >= 11 is 5.76. The van der Waals surface area contributed by atoms with E-state index in [2.05, 4.69) is 10.1 Å². The van der Waals surface area contributed by atoms with Gasteiger partial charge in [-0.1, -0.05) is 11.3 Å². The van der Waals surface area contributed by atoms with Crippen LogP contribution in [0.2, 0.25) is 0 Å². The maximum atomic E-state index is 13.5. The van der Waals surface area contributed by atoms with Gasteiger partial charge in [-0.15, -0.1) is 0 Å². The van der Waals surface area contributed by atoms with E-state index in [-0.39, 0.29) is 36.5 Å². The van der Waals surface area contributed by atoms with E-state index in [1.165, 1.54) is 6.92 Å². The topological polar surface area (TPSA) is 91.0 Å². The molecule has 3 rings (SSSR count). The largest absolute Gasteiger partial charge is 0.435 e. The lowest BCUT2D eigenvalue weighted by Crippen LogP contribution is -2.27. The van der Waals surface area contributed by atoms with Gasteiger partial charge in [-0.3, -0.25) is 4.79 Å². The SMILES string of the molecule is CC(O)(O)CCc1nn2c(CN3C[C@@H](CC(F)(F)Cl)CC3=O)c(C(F)(F)F)nc2s1. The fraction of sp³-hybridized carbons (Fsp3) is 0.688. The number of hydrogen-bond acceptors (Lipinski definition) is 6. The molecule has 0 aromatic carbocycles. The minimum Gasteiger partial charge on any atom is -0.366 e. The van der Waals surface area contributed by atoms with Gasteiger partial charge in [0.05, 0.1) is 12.2 Å². The van der Waals surface area contributed by atoms with Crippen molar-refractivity contribution in [3.05, 3.63) is 16.4 Å². The highest BCUT2D eigenvalue weighted by atomic mass is 35.5. The molecular weight excluding hydrogens is 459 g/mol. The van der Waals surface area contributed by atoms with E-state index in [0.29, 0.717) is 5.01 Å². The summed E-state index contributed by atoms with van der Waals surface area (Å²) in [4.78, 5) is 16.7. The van der Waals surface area contributed by atoms with E-state index in [4.69, 9.17) is 11.6 Å². The van der Waals surface area contributed by atoms with Gasteiger partial charge < -0.3 is 15.1 Å². The minimum atomic E-state index is -4.80. The fourth-order valence-electron chi connectivity index (χ4n) is 3.30. The smallest absolute Gasteiger partial charge is 0.366 e. The molecule has 1 amide bonds. The summed E-state index contributed by atoms with van der Waals surface area (Å²) in [6.45, 7) is 0.509. The molecule has 1 saturated heterocycles. The standard InChI is InChI=1S/C16H18ClF5N4O3S/c1-14(28,29)3-2-10-24-26-9(12(16(20,21)22)23-13(26)30-10)7-25-6-8(4-11(25)27)5-15(17,18)19/h8,28-29H,2-7H2,1H3/t8-/m1/s1. The number of imidazole rings is 1. The molecule has 2 aromatic rings. The van der Waals surface area contributed by atoms with Crippen LogP contribution in [0.25, 0.3) is 4.96 Å². The van der Waals surface area contributed by atoms with E-state index < -0.39 is 47.8 Å². The van der Waals surface area contributed by atoms with E-state index in [1.54, 1.807) is 0 Å². The first-order valence-corrected chi connectivity index (χ1v) is 10.1. The molecule has 168 valence electrons. The molecule has 1 aliphatic heterocycles. The Labute approximate surface area is 176 Å². The zero-order valence-electron chi connectivity index (χ0n) is 15.6. The molecule has 2 N–H and O–H groups in total. The summed E-state index contributed by atoms with van der Waals surface area (Å²) in [6, 6.07) is 0. The molecule has 1 fully saturated rings. The number of nitrogens with zero attached hydrogens (tertiary/aromatic N) is 4. The van der Waals surface area contributed by atoms with Crippen LogP contribution < -0.4 is 0 Å². The Morgan fingerprint density at radius 3 is 2.50 bits per heavy atom. The van der Waals surface area contributed by atoms with Gasteiger partial charge in [-0.2, -0.15) is 27.1 Å². The zero-order valence-corrected chi connectivity index (χ0v) is 17.2. The van der Waals surface area contributed by atoms with Crippen LogP contribution in [0, 0.1) is 5.92 Å². The van der Waals surface area contributed by atoms with Gasteiger partial charge in [0.2, 0.25) is 10.9 Å². The second-order valence-electron chi connectivity index (χ2n) is 7.48. The summed E-state index contributed by atoms with van der Waals surface area (Å²) in [5.74, 6) is -3.30. The van der Waals surface area contributed by atoms with Gasteiger partial charge in [-0.05, 0) is 24.4 Å². The van der Waals surface area contributed by atoms with Crippen LogP contribution in [-0.4, -0.2) is 53.3 Å². The van der Waals surface area contributed by atoms with Gasteiger partial charge >= 0.3 is 11.6 Å². The number of carbonyl (C=O) groups is 1. The van der Waals surface area contributed by atoms with Crippen LogP contribution in [-0.2, 0) is 23.9 Å². The molecule has 0 aliphatic carbocycles. The van der Waals surface area contributed by atoms with Crippen LogP contribution in [0.15, 0.2) is 0 Å². The number of likely N-dealkylation sites (tertiary alicyclic amines) is 1. The molecule has 0 saturated carbocycles. The maximum Gasteiger partial charge on any atom is 0.435 e. The van der Waals surface area contributed by atoms with Crippen molar-refractivity contribution in [3.8, 4) is 0 Å². The van der Waals surface area contributed by atoms with Crippen molar-refractivity contribution in [2.45, 2.75) is 56.5 Å². The number of aromatic nitrogens is 3. The number of halogens is 6. The number of fused-ring (bicyclic) bond motifs is 1. The van der Waals surface area contributed by atoms with Crippen LogP contribution in [0.3, 0.4) is 0 Å². The van der Waals surface area contributed by atoms with Crippen molar-refractivity contribution < 1.29 is 37.0 Å². The van der Waals surface area contributed by atoms with Crippen molar-refractivity contribution in [3.63, 3.8) is 0 Å². The summed E-state index contributed by atoms with van der Waals surface area (Å²) in [5, 5.41) is 19.7. The molecule has 7 nitrogen and oxygen atoms in total. The summed E-state index contributed by atoms with van der Waals surface area (Å²) in [5.41, 5.74) is -1.59. The van der Waals surface area contributed by atoms with E-state index in [9.17, 15) is 37.0 Å². The molecule has 3 heterocycles. The van der Waals surface area contributed by atoms with E-state index in [0.717, 1.165) is 20.8 Å². The number of rotatable bonds is 7. The third-order valence-corrected chi connectivity index (χ3v) is 5.70. The van der Waals surface area contributed by atoms with Crippen LogP contribution >= 0.6 is 22.9 Å². The molecule has 2 aromatic heterocycles. The van der Waals surface area contributed by atoms with Gasteiger partial charge in [0.15, 0.2) is 11.5 Å². The number of carbonyl (C=O) groups excluding carboxylic acids is 1. The van der Waals surface area contributed by atoms with Crippen molar-refractivity contribution >= 4 is 33.8 Å². The normalized spacial score (nSPS) is 18.8. The van der Waals surface area contributed by atoms with Gasteiger partial charge in [0.1, 0.15) is 5.01 Å². The van der Waals surface area contributed by atoms with E-state index in [1.807, 2.05) is 0 Å². The van der Waals surface area contributed by atoms with Gasteiger partial charge in [0, 0.05) is 32.2 Å². The highest BCUT2D eigenvalue weighted by Crippen LogP contribution is 2.36. The first kappa shape index (κ1) is 23.1. The average Bonchev–Trinajstić information content (AvgIpc) is 3.17. The molecule has 30 heavy (non-hydrogen) atoms. The van der Waals surface area contributed by atoms with Crippen molar-refractivity contribution in [2.24, 2.45) is 5.92 Å². The van der Waals surface area contributed by atoms with E-state index >= 15 is 0 Å². The predicted molar refractivity (Wildman–Crippen MR) is 96.0 cm³/mol. The Balaban J connectivity index is 1.87. The monoisotopic (exact) mass is 476 g/mol. The Kier molecular flexibility index (Phi) is 6.04. The number of aryl methyl sites for hydroxylation is 1. The first-order valence-electron chi connectivity index (χ1n) is 8.86. The molecular formula is C16H18ClF5N4O3S. The molecule has 0 unspecified atom stereocenters. The van der Waals surface area contributed by atoms with Crippen molar-refractivity contribution in [1.29, 1.82) is 0 Å². The number of hydrogen-bond donors (Lipinski definition) is 2. The highest BCUT2D eigenvalue weighted by Gasteiger charge is 2.42. The van der Waals surface area contributed by atoms with Crippen LogP contribution in [0.4, 0.5) is 22.0 Å². The Morgan fingerprint density at radius 2 is 1.93 bits per heavy atom. The molecule has 1 aliphatic rings. The third kappa shape index (κ3) is 5.56. The Hall–Kier alpha value is -1.57. The lowest BCUT2D eigenvalue weighted by atomic mass is 10.1. The lowest BCUT2D eigenvalue weighted by molar-refractivity contribution is -0.148. The zero-order chi connectivity index (χ0) is 22.5. The Bertz CT molecular complexity index is 934. The second-order valence-corrected chi connectivity index (χ2v) is 9.07. The predicted octanol–water partition coefficient (Wildman–Crippen LogP) is 3.01. The third-order valence-electron chi connectivity index (χ3n) is 4.57.